The van der Waals surface area contributed by atoms with Crippen molar-refractivity contribution in [3.8, 4) is 0 Å². The fourth-order valence-electron chi connectivity index (χ4n) is 1.15. The summed E-state index contributed by atoms with van der Waals surface area (Å²) in [6.07, 6.45) is -1.16. The minimum absolute atomic E-state index is 0.137. The van der Waals surface area contributed by atoms with Crippen LogP contribution in [0.2, 0.25) is 0 Å². The summed E-state index contributed by atoms with van der Waals surface area (Å²) in [6.45, 7) is 1.89. The summed E-state index contributed by atoms with van der Waals surface area (Å²) in [7, 11) is 4.11. The molecule has 7 nitrogen and oxygen atoms in total. The molecular formula is C10H19NO6. The Morgan fingerprint density at radius 2 is 1.76 bits per heavy atom. The molecule has 1 N–H and O–H groups in total. The second-order valence-corrected chi connectivity index (χ2v) is 3.08. The lowest BCUT2D eigenvalue weighted by Gasteiger charge is -2.20. The van der Waals surface area contributed by atoms with Gasteiger partial charge in [-0.2, -0.15) is 0 Å². The monoisotopic (exact) mass is 249 g/mol. The molecule has 0 aliphatic rings. The standard InChI is InChI=1S/C10H19NO6/c1-5-17-10(13)11-7(9(12)16-4)6-8(14-2)15-3/h7-8H,5-6H2,1-4H3,(H,11,13). The highest BCUT2D eigenvalue weighted by Crippen LogP contribution is 2.05. The molecule has 0 heterocycles. The lowest BCUT2D eigenvalue weighted by molar-refractivity contribution is -0.149. The first-order valence-corrected chi connectivity index (χ1v) is 5.15. The number of rotatable bonds is 7. The van der Waals surface area contributed by atoms with E-state index in [-0.39, 0.29) is 13.0 Å². The smallest absolute Gasteiger partial charge is 0.407 e. The molecule has 100 valence electrons. The Bertz CT molecular complexity index is 241. The Morgan fingerprint density at radius 3 is 2.18 bits per heavy atom. The summed E-state index contributed by atoms with van der Waals surface area (Å²) in [5, 5.41) is 2.37. The average molecular weight is 249 g/mol. The van der Waals surface area contributed by atoms with Gasteiger partial charge in [0.15, 0.2) is 6.29 Å². The molecule has 0 aromatic rings. The summed E-state index contributed by atoms with van der Waals surface area (Å²) < 4.78 is 19.1. The quantitative estimate of drug-likeness (QED) is 0.515. The van der Waals surface area contributed by atoms with E-state index in [0.29, 0.717) is 0 Å². The molecule has 0 fully saturated rings. The van der Waals surface area contributed by atoms with Crippen molar-refractivity contribution >= 4 is 12.1 Å². The third kappa shape index (κ3) is 6.08. The SMILES string of the molecule is CCOC(=O)NC(CC(OC)OC)C(=O)OC. The first kappa shape index (κ1) is 15.7. The number of alkyl carbamates (subject to hydrolysis) is 1. The molecule has 0 aliphatic heterocycles. The molecule has 17 heavy (non-hydrogen) atoms. The normalized spacial score (nSPS) is 12.1. The third-order valence-electron chi connectivity index (χ3n) is 2.01. The number of carbonyl (C=O) groups excluding carboxylic acids is 2. The molecular weight excluding hydrogens is 230 g/mol. The molecule has 0 aliphatic carbocycles. The number of carbonyl (C=O) groups is 2. The maximum atomic E-state index is 11.4. The van der Waals surface area contributed by atoms with Crippen molar-refractivity contribution < 1.29 is 28.5 Å². The van der Waals surface area contributed by atoms with Crippen molar-refractivity contribution in [2.24, 2.45) is 0 Å². The third-order valence-corrected chi connectivity index (χ3v) is 2.01. The molecule has 1 unspecified atom stereocenters. The Labute approximate surface area is 100 Å². The summed E-state index contributed by atoms with van der Waals surface area (Å²) in [5.74, 6) is -0.586. The molecule has 0 saturated carbocycles. The largest absolute Gasteiger partial charge is 0.467 e. The first-order chi connectivity index (χ1) is 8.08. The van der Waals surface area contributed by atoms with Gasteiger partial charge in [0.2, 0.25) is 0 Å². The Hall–Kier alpha value is -1.34. The lowest BCUT2D eigenvalue weighted by atomic mass is 10.2. The zero-order valence-corrected chi connectivity index (χ0v) is 10.5. The molecule has 0 aromatic heterocycles. The number of esters is 1. The van der Waals surface area contributed by atoms with E-state index in [0.717, 1.165) is 0 Å². The molecule has 0 radical (unpaired) electrons. The number of hydrogen-bond acceptors (Lipinski definition) is 6. The van der Waals surface area contributed by atoms with Crippen LogP contribution in [0, 0.1) is 0 Å². The fraction of sp³-hybridized carbons (Fsp3) is 0.800. The topological polar surface area (TPSA) is 83.1 Å². The Morgan fingerprint density at radius 1 is 1.18 bits per heavy atom. The number of ether oxygens (including phenoxy) is 4. The predicted octanol–water partition coefficient (Wildman–Crippen LogP) is 0.283. The summed E-state index contributed by atoms with van der Waals surface area (Å²) in [6, 6.07) is -0.871. The minimum Gasteiger partial charge on any atom is -0.467 e. The van der Waals surface area contributed by atoms with Crippen LogP contribution < -0.4 is 5.32 Å². The highest BCUT2D eigenvalue weighted by atomic mass is 16.7. The van der Waals surface area contributed by atoms with Gasteiger partial charge in [0.05, 0.1) is 13.7 Å². The van der Waals surface area contributed by atoms with E-state index in [9.17, 15) is 9.59 Å². The van der Waals surface area contributed by atoms with E-state index in [4.69, 9.17) is 9.47 Å². The number of amides is 1. The van der Waals surface area contributed by atoms with Gasteiger partial charge in [-0.25, -0.2) is 9.59 Å². The van der Waals surface area contributed by atoms with Crippen LogP contribution >= 0.6 is 0 Å². The molecule has 0 aromatic carbocycles. The van der Waals surface area contributed by atoms with Crippen molar-refractivity contribution in [3.63, 3.8) is 0 Å². The van der Waals surface area contributed by atoms with Crippen LogP contribution in [0.25, 0.3) is 0 Å². The fourth-order valence-corrected chi connectivity index (χ4v) is 1.15. The maximum Gasteiger partial charge on any atom is 0.407 e. The Balaban J connectivity index is 4.42. The lowest BCUT2D eigenvalue weighted by Crippen LogP contribution is -2.44. The summed E-state index contributed by atoms with van der Waals surface area (Å²) >= 11 is 0. The van der Waals surface area contributed by atoms with Crippen LogP contribution in [0.3, 0.4) is 0 Å². The van der Waals surface area contributed by atoms with E-state index in [2.05, 4.69) is 14.8 Å². The van der Waals surface area contributed by atoms with Gasteiger partial charge in [0, 0.05) is 20.6 Å². The second kappa shape index (κ2) is 8.77. The molecule has 1 atom stereocenters. The molecule has 0 saturated heterocycles. The van der Waals surface area contributed by atoms with Gasteiger partial charge in [0.1, 0.15) is 6.04 Å². The maximum absolute atomic E-state index is 11.4. The Kier molecular flexibility index (Phi) is 8.08. The second-order valence-electron chi connectivity index (χ2n) is 3.08. The van der Waals surface area contributed by atoms with Gasteiger partial charge in [-0.3, -0.25) is 0 Å². The highest BCUT2D eigenvalue weighted by molar-refractivity contribution is 5.81. The van der Waals surface area contributed by atoms with Gasteiger partial charge < -0.3 is 24.3 Å². The van der Waals surface area contributed by atoms with E-state index in [1.165, 1.54) is 21.3 Å². The first-order valence-electron chi connectivity index (χ1n) is 5.15. The zero-order chi connectivity index (χ0) is 13.3. The van der Waals surface area contributed by atoms with Crippen LogP contribution in [-0.2, 0) is 23.7 Å². The average Bonchev–Trinajstić information content (AvgIpc) is 2.33. The van der Waals surface area contributed by atoms with Crippen molar-refractivity contribution in [1.29, 1.82) is 0 Å². The zero-order valence-electron chi connectivity index (χ0n) is 10.5. The van der Waals surface area contributed by atoms with Crippen molar-refractivity contribution in [1.82, 2.24) is 5.32 Å². The van der Waals surface area contributed by atoms with E-state index < -0.39 is 24.4 Å². The molecule has 0 spiro atoms. The highest BCUT2D eigenvalue weighted by Gasteiger charge is 2.26. The van der Waals surface area contributed by atoms with Crippen LogP contribution in [0.5, 0.6) is 0 Å². The predicted molar refractivity (Wildman–Crippen MR) is 58.4 cm³/mol. The van der Waals surface area contributed by atoms with Gasteiger partial charge in [0.25, 0.3) is 0 Å². The molecule has 1 amide bonds. The van der Waals surface area contributed by atoms with Crippen LogP contribution in [0.4, 0.5) is 4.79 Å². The van der Waals surface area contributed by atoms with Crippen molar-refractivity contribution in [2.45, 2.75) is 25.7 Å². The number of methoxy groups -OCH3 is 3. The van der Waals surface area contributed by atoms with E-state index in [1.54, 1.807) is 6.92 Å². The van der Waals surface area contributed by atoms with Gasteiger partial charge in [-0.15, -0.1) is 0 Å². The molecule has 0 rings (SSSR count). The van der Waals surface area contributed by atoms with Gasteiger partial charge in [-0.05, 0) is 6.92 Å². The van der Waals surface area contributed by atoms with Crippen LogP contribution in [0.1, 0.15) is 13.3 Å². The van der Waals surface area contributed by atoms with Crippen LogP contribution in [-0.4, -0.2) is 52.3 Å². The minimum atomic E-state index is -0.871. The van der Waals surface area contributed by atoms with E-state index >= 15 is 0 Å². The van der Waals surface area contributed by atoms with Crippen LogP contribution in [0.15, 0.2) is 0 Å². The van der Waals surface area contributed by atoms with Crippen molar-refractivity contribution in [3.05, 3.63) is 0 Å². The number of nitrogens with one attached hydrogen (secondary N) is 1. The van der Waals surface area contributed by atoms with Gasteiger partial charge >= 0.3 is 12.1 Å². The molecule has 0 bridgehead atoms. The molecule has 7 heteroatoms. The number of hydrogen-bond donors (Lipinski definition) is 1. The van der Waals surface area contributed by atoms with E-state index in [1.807, 2.05) is 0 Å². The van der Waals surface area contributed by atoms with Crippen molar-refractivity contribution in [2.75, 3.05) is 27.9 Å². The van der Waals surface area contributed by atoms with Gasteiger partial charge in [-0.1, -0.05) is 0 Å². The summed E-state index contributed by atoms with van der Waals surface area (Å²) in [5.41, 5.74) is 0. The summed E-state index contributed by atoms with van der Waals surface area (Å²) in [4.78, 5) is 22.6.